The van der Waals surface area contributed by atoms with E-state index in [0.29, 0.717) is 5.02 Å². The molecule has 1 aliphatic heterocycles. The average molecular weight is 300 g/mol. The standard InChI is InChI=1S/C16H23ClFNO/c1-2-7-19-11-16(6-3-8-20-12-16)10-13-9-14(18)4-5-15(13)17/h4-5,9,19H,2-3,6-8,10-12H2,1H3. The summed E-state index contributed by atoms with van der Waals surface area (Å²) in [5.74, 6) is -0.224. The van der Waals surface area contributed by atoms with Crippen molar-refractivity contribution in [3.05, 3.63) is 34.6 Å². The van der Waals surface area contributed by atoms with E-state index in [4.69, 9.17) is 16.3 Å². The Balaban J connectivity index is 2.12. The fourth-order valence-electron chi connectivity index (χ4n) is 2.86. The van der Waals surface area contributed by atoms with Gasteiger partial charge in [-0.3, -0.25) is 0 Å². The zero-order chi connectivity index (χ0) is 14.4. The summed E-state index contributed by atoms with van der Waals surface area (Å²) >= 11 is 6.21. The summed E-state index contributed by atoms with van der Waals surface area (Å²) in [5, 5.41) is 4.13. The van der Waals surface area contributed by atoms with Crippen LogP contribution in [0.15, 0.2) is 18.2 Å². The maximum Gasteiger partial charge on any atom is 0.123 e. The highest BCUT2D eigenvalue weighted by Gasteiger charge is 2.33. The Hall–Kier alpha value is -0.640. The van der Waals surface area contributed by atoms with E-state index in [9.17, 15) is 4.39 Å². The van der Waals surface area contributed by atoms with Crippen molar-refractivity contribution in [2.45, 2.75) is 32.6 Å². The molecule has 2 nitrogen and oxygen atoms in total. The van der Waals surface area contributed by atoms with Crippen molar-refractivity contribution >= 4 is 11.6 Å². The topological polar surface area (TPSA) is 21.3 Å². The molecule has 4 heteroatoms. The smallest absolute Gasteiger partial charge is 0.123 e. The van der Waals surface area contributed by atoms with Gasteiger partial charge in [0.15, 0.2) is 0 Å². The van der Waals surface area contributed by atoms with Gasteiger partial charge in [0, 0.05) is 23.6 Å². The molecular weight excluding hydrogens is 277 g/mol. The molecule has 1 fully saturated rings. The largest absolute Gasteiger partial charge is 0.381 e. The fourth-order valence-corrected chi connectivity index (χ4v) is 3.05. The molecule has 2 rings (SSSR count). The van der Waals surface area contributed by atoms with E-state index in [1.165, 1.54) is 6.07 Å². The third kappa shape index (κ3) is 4.18. The summed E-state index contributed by atoms with van der Waals surface area (Å²) < 4.78 is 19.1. The molecule has 0 aliphatic carbocycles. The second kappa shape index (κ2) is 7.39. The minimum Gasteiger partial charge on any atom is -0.381 e. The van der Waals surface area contributed by atoms with Crippen LogP contribution in [0.1, 0.15) is 31.7 Å². The number of halogens is 2. The van der Waals surface area contributed by atoms with Crippen LogP contribution in [0.2, 0.25) is 5.02 Å². The zero-order valence-corrected chi connectivity index (χ0v) is 12.8. The second-order valence-corrected chi connectivity index (χ2v) is 6.15. The lowest BCUT2D eigenvalue weighted by molar-refractivity contribution is -0.00708. The van der Waals surface area contributed by atoms with Crippen LogP contribution in [0.25, 0.3) is 0 Å². The van der Waals surface area contributed by atoms with E-state index in [2.05, 4.69) is 12.2 Å². The first-order valence-electron chi connectivity index (χ1n) is 7.38. The van der Waals surface area contributed by atoms with E-state index in [0.717, 1.165) is 57.6 Å². The van der Waals surface area contributed by atoms with Crippen molar-refractivity contribution < 1.29 is 9.13 Å². The van der Waals surface area contributed by atoms with Crippen LogP contribution in [0, 0.1) is 11.2 Å². The van der Waals surface area contributed by atoms with Gasteiger partial charge < -0.3 is 10.1 Å². The van der Waals surface area contributed by atoms with Crippen molar-refractivity contribution in [2.75, 3.05) is 26.3 Å². The lowest BCUT2D eigenvalue weighted by Gasteiger charge is -2.37. The molecule has 1 aromatic carbocycles. The van der Waals surface area contributed by atoms with Crippen LogP contribution < -0.4 is 5.32 Å². The average Bonchev–Trinajstić information content (AvgIpc) is 2.44. The Morgan fingerprint density at radius 1 is 1.45 bits per heavy atom. The van der Waals surface area contributed by atoms with Crippen LogP contribution in [0.4, 0.5) is 4.39 Å². The predicted octanol–water partition coefficient (Wildman–Crippen LogP) is 3.82. The van der Waals surface area contributed by atoms with Crippen molar-refractivity contribution in [2.24, 2.45) is 5.41 Å². The first-order chi connectivity index (χ1) is 9.65. The van der Waals surface area contributed by atoms with Gasteiger partial charge in [-0.15, -0.1) is 0 Å². The van der Waals surface area contributed by atoms with E-state index in [1.54, 1.807) is 12.1 Å². The number of hydrogen-bond donors (Lipinski definition) is 1. The molecule has 112 valence electrons. The minimum absolute atomic E-state index is 0.0326. The SMILES string of the molecule is CCCNCC1(Cc2cc(F)ccc2Cl)CCCOC1. The van der Waals surface area contributed by atoms with E-state index >= 15 is 0 Å². The Labute approximate surface area is 125 Å². The summed E-state index contributed by atoms with van der Waals surface area (Å²) in [7, 11) is 0. The molecule has 0 spiro atoms. The molecule has 0 amide bonds. The molecule has 1 saturated heterocycles. The zero-order valence-electron chi connectivity index (χ0n) is 12.1. The van der Waals surface area contributed by atoms with Gasteiger partial charge in [0.25, 0.3) is 0 Å². The lowest BCUT2D eigenvalue weighted by atomic mass is 9.77. The highest BCUT2D eigenvalue weighted by Crippen LogP contribution is 2.34. The highest BCUT2D eigenvalue weighted by atomic mass is 35.5. The van der Waals surface area contributed by atoms with Gasteiger partial charge in [0.1, 0.15) is 5.82 Å². The maximum atomic E-state index is 13.4. The predicted molar refractivity (Wildman–Crippen MR) is 80.8 cm³/mol. The molecule has 1 atom stereocenters. The molecule has 0 radical (unpaired) electrons. The molecular formula is C16H23ClFNO. The highest BCUT2D eigenvalue weighted by molar-refractivity contribution is 6.31. The molecule has 0 saturated carbocycles. The third-order valence-corrected chi connectivity index (χ3v) is 4.27. The molecule has 1 unspecified atom stereocenters. The number of benzene rings is 1. The Morgan fingerprint density at radius 2 is 2.30 bits per heavy atom. The lowest BCUT2D eigenvalue weighted by Crippen LogP contribution is -2.43. The number of rotatable bonds is 6. The van der Waals surface area contributed by atoms with Crippen molar-refractivity contribution in [1.82, 2.24) is 5.32 Å². The number of ether oxygens (including phenoxy) is 1. The van der Waals surface area contributed by atoms with Gasteiger partial charge in [-0.05, 0) is 56.0 Å². The Kier molecular flexibility index (Phi) is 5.82. The van der Waals surface area contributed by atoms with Gasteiger partial charge >= 0.3 is 0 Å². The van der Waals surface area contributed by atoms with E-state index in [1.807, 2.05) is 0 Å². The summed E-state index contributed by atoms with van der Waals surface area (Å²) in [6, 6.07) is 4.60. The molecule has 1 aliphatic rings. The number of nitrogens with one attached hydrogen (secondary N) is 1. The van der Waals surface area contributed by atoms with Crippen LogP contribution in [-0.4, -0.2) is 26.3 Å². The van der Waals surface area contributed by atoms with Crippen LogP contribution >= 0.6 is 11.6 Å². The van der Waals surface area contributed by atoms with Crippen LogP contribution in [-0.2, 0) is 11.2 Å². The molecule has 0 aromatic heterocycles. The fraction of sp³-hybridized carbons (Fsp3) is 0.625. The normalized spacial score (nSPS) is 22.9. The van der Waals surface area contributed by atoms with Crippen molar-refractivity contribution in [3.8, 4) is 0 Å². The summed E-state index contributed by atoms with van der Waals surface area (Å²) in [6.07, 6.45) is 4.02. The van der Waals surface area contributed by atoms with Gasteiger partial charge in [-0.25, -0.2) is 4.39 Å². The van der Waals surface area contributed by atoms with Crippen LogP contribution in [0.5, 0.6) is 0 Å². The number of hydrogen-bond acceptors (Lipinski definition) is 2. The third-order valence-electron chi connectivity index (χ3n) is 3.90. The van der Waals surface area contributed by atoms with Crippen molar-refractivity contribution in [3.63, 3.8) is 0 Å². The van der Waals surface area contributed by atoms with E-state index < -0.39 is 0 Å². The Bertz CT molecular complexity index is 432. The van der Waals surface area contributed by atoms with Crippen LogP contribution in [0.3, 0.4) is 0 Å². The van der Waals surface area contributed by atoms with E-state index in [-0.39, 0.29) is 11.2 Å². The monoisotopic (exact) mass is 299 g/mol. The first kappa shape index (κ1) is 15.7. The minimum atomic E-state index is -0.224. The van der Waals surface area contributed by atoms with Gasteiger partial charge in [-0.1, -0.05) is 18.5 Å². The second-order valence-electron chi connectivity index (χ2n) is 5.75. The molecule has 20 heavy (non-hydrogen) atoms. The maximum absolute atomic E-state index is 13.4. The van der Waals surface area contributed by atoms with Gasteiger partial charge in [0.2, 0.25) is 0 Å². The summed E-state index contributed by atoms with van der Waals surface area (Å²) in [6.45, 7) is 5.59. The summed E-state index contributed by atoms with van der Waals surface area (Å²) in [4.78, 5) is 0. The Morgan fingerprint density at radius 3 is 3.00 bits per heavy atom. The quantitative estimate of drug-likeness (QED) is 0.806. The molecule has 1 N–H and O–H groups in total. The molecule has 0 bridgehead atoms. The van der Waals surface area contributed by atoms with Gasteiger partial charge in [-0.2, -0.15) is 0 Å². The molecule has 1 heterocycles. The molecule has 1 aromatic rings. The van der Waals surface area contributed by atoms with Gasteiger partial charge in [0.05, 0.1) is 6.61 Å². The first-order valence-corrected chi connectivity index (χ1v) is 7.75. The summed E-state index contributed by atoms with van der Waals surface area (Å²) in [5.41, 5.74) is 0.917. The van der Waals surface area contributed by atoms with Crippen molar-refractivity contribution in [1.29, 1.82) is 0 Å².